The molecule has 2 rings (SSSR count). The molecule has 21 heavy (non-hydrogen) atoms. The van der Waals surface area contributed by atoms with Crippen LogP contribution in [0.5, 0.6) is 0 Å². The van der Waals surface area contributed by atoms with E-state index >= 15 is 0 Å². The van der Waals surface area contributed by atoms with Crippen LogP contribution in [-0.4, -0.2) is 24.0 Å². The van der Waals surface area contributed by atoms with Crippen molar-refractivity contribution in [2.24, 2.45) is 0 Å². The number of hydrogen-bond acceptors (Lipinski definition) is 1. The second kappa shape index (κ2) is 9.66. The zero-order chi connectivity index (χ0) is 14.9. The smallest absolute Gasteiger partial charge is 0.0280 e. The maximum atomic E-state index is 2.63. The Labute approximate surface area is 133 Å². The summed E-state index contributed by atoms with van der Waals surface area (Å²) >= 11 is 0. The van der Waals surface area contributed by atoms with Crippen molar-refractivity contribution in [1.82, 2.24) is 4.90 Å². The molecule has 122 valence electrons. The molecule has 2 aliphatic rings. The van der Waals surface area contributed by atoms with Crippen LogP contribution < -0.4 is 0 Å². The van der Waals surface area contributed by atoms with Crippen LogP contribution in [0.15, 0.2) is 11.6 Å². The second-order valence-corrected chi connectivity index (χ2v) is 7.43. The van der Waals surface area contributed by atoms with Crippen LogP contribution in [0.3, 0.4) is 0 Å². The molecule has 0 saturated carbocycles. The van der Waals surface area contributed by atoms with E-state index in [0.29, 0.717) is 0 Å². The van der Waals surface area contributed by atoms with Gasteiger partial charge in [-0.3, -0.25) is 4.90 Å². The van der Waals surface area contributed by atoms with Crippen molar-refractivity contribution in [3.63, 3.8) is 0 Å². The highest BCUT2D eigenvalue weighted by atomic mass is 15.2. The molecule has 0 N–H and O–H groups in total. The normalized spacial score (nSPS) is 25.9. The third kappa shape index (κ3) is 5.77. The lowest BCUT2D eigenvalue weighted by atomic mass is 9.84. The van der Waals surface area contributed by atoms with E-state index < -0.39 is 0 Å². The SMILES string of the molecule is CCCCCCCCCCCC1=CC2CCCC(C1)N2C. The van der Waals surface area contributed by atoms with Gasteiger partial charge < -0.3 is 0 Å². The van der Waals surface area contributed by atoms with E-state index in [1.807, 2.05) is 0 Å². The van der Waals surface area contributed by atoms with Crippen LogP contribution in [0, 0.1) is 0 Å². The zero-order valence-electron chi connectivity index (χ0n) is 14.6. The number of likely N-dealkylation sites (N-methyl/N-ethyl adjacent to an activating group) is 1. The molecule has 1 saturated heterocycles. The van der Waals surface area contributed by atoms with Gasteiger partial charge in [-0.1, -0.05) is 76.4 Å². The van der Waals surface area contributed by atoms with Crippen LogP contribution in [0.25, 0.3) is 0 Å². The van der Waals surface area contributed by atoms with Gasteiger partial charge in [0.15, 0.2) is 0 Å². The highest BCUT2D eigenvalue weighted by Crippen LogP contribution is 2.33. The van der Waals surface area contributed by atoms with Crippen molar-refractivity contribution in [3.05, 3.63) is 11.6 Å². The minimum atomic E-state index is 0.770. The fraction of sp³-hybridized carbons (Fsp3) is 0.900. The summed E-state index contributed by atoms with van der Waals surface area (Å²) in [4.78, 5) is 2.63. The first-order valence-electron chi connectivity index (χ1n) is 9.72. The molecule has 0 amide bonds. The van der Waals surface area contributed by atoms with Crippen LogP contribution in [-0.2, 0) is 0 Å². The Balaban J connectivity index is 1.51. The average Bonchev–Trinajstić information content (AvgIpc) is 2.46. The average molecular weight is 292 g/mol. The molecule has 1 heteroatoms. The zero-order valence-corrected chi connectivity index (χ0v) is 14.6. The van der Waals surface area contributed by atoms with Gasteiger partial charge in [0.05, 0.1) is 0 Å². The predicted octanol–water partition coefficient (Wildman–Crippen LogP) is 6.09. The summed E-state index contributed by atoms with van der Waals surface area (Å²) in [5.41, 5.74) is 1.78. The molecule has 2 bridgehead atoms. The molecular weight excluding hydrogens is 254 g/mol. The highest BCUT2D eigenvalue weighted by Gasteiger charge is 2.30. The first-order valence-corrected chi connectivity index (χ1v) is 9.72. The van der Waals surface area contributed by atoms with Gasteiger partial charge in [0.1, 0.15) is 0 Å². The van der Waals surface area contributed by atoms with E-state index in [0.717, 1.165) is 12.1 Å². The van der Waals surface area contributed by atoms with Crippen molar-refractivity contribution in [1.29, 1.82) is 0 Å². The molecule has 2 atom stereocenters. The maximum absolute atomic E-state index is 2.63. The lowest BCUT2D eigenvalue weighted by molar-refractivity contribution is 0.128. The van der Waals surface area contributed by atoms with Crippen molar-refractivity contribution in [2.45, 2.75) is 109 Å². The number of nitrogens with zero attached hydrogens (tertiary/aromatic N) is 1. The molecule has 0 aromatic carbocycles. The van der Waals surface area contributed by atoms with E-state index in [-0.39, 0.29) is 0 Å². The van der Waals surface area contributed by atoms with E-state index in [9.17, 15) is 0 Å². The molecule has 0 aromatic heterocycles. The lowest BCUT2D eigenvalue weighted by Gasteiger charge is -2.42. The Morgan fingerprint density at radius 2 is 1.62 bits per heavy atom. The second-order valence-electron chi connectivity index (χ2n) is 7.43. The molecular formula is C20H37N. The van der Waals surface area contributed by atoms with E-state index in [1.54, 1.807) is 5.57 Å². The molecule has 1 nitrogen and oxygen atoms in total. The number of fused-ring (bicyclic) bond motifs is 2. The third-order valence-electron chi connectivity index (χ3n) is 5.66. The summed E-state index contributed by atoms with van der Waals surface area (Å²) < 4.78 is 0. The van der Waals surface area contributed by atoms with Crippen molar-refractivity contribution in [3.8, 4) is 0 Å². The first-order chi connectivity index (χ1) is 10.3. The van der Waals surface area contributed by atoms with Crippen molar-refractivity contribution < 1.29 is 0 Å². The van der Waals surface area contributed by atoms with Crippen LogP contribution in [0.4, 0.5) is 0 Å². The van der Waals surface area contributed by atoms with Gasteiger partial charge in [-0.05, 0) is 39.2 Å². The quantitative estimate of drug-likeness (QED) is 0.348. The third-order valence-corrected chi connectivity index (χ3v) is 5.66. The van der Waals surface area contributed by atoms with Gasteiger partial charge in [0.2, 0.25) is 0 Å². The Hall–Kier alpha value is -0.300. The van der Waals surface area contributed by atoms with Gasteiger partial charge in [-0.2, -0.15) is 0 Å². The fourth-order valence-corrected chi connectivity index (χ4v) is 4.18. The fourth-order valence-electron chi connectivity index (χ4n) is 4.18. The summed E-state index contributed by atoms with van der Waals surface area (Å²) in [6, 6.07) is 1.63. The number of piperidine rings is 1. The van der Waals surface area contributed by atoms with E-state index in [4.69, 9.17) is 0 Å². The minimum Gasteiger partial charge on any atom is -0.297 e. The Kier molecular flexibility index (Phi) is 7.85. The first kappa shape index (κ1) is 17.1. The Morgan fingerprint density at radius 3 is 2.29 bits per heavy atom. The number of rotatable bonds is 10. The van der Waals surface area contributed by atoms with Crippen molar-refractivity contribution in [2.75, 3.05) is 7.05 Å². The Morgan fingerprint density at radius 1 is 0.952 bits per heavy atom. The van der Waals surface area contributed by atoms with E-state index in [1.165, 1.54) is 89.9 Å². The molecule has 0 radical (unpaired) electrons. The summed E-state index contributed by atoms with van der Waals surface area (Å²) in [7, 11) is 2.33. The summed E-state index contributed by atoms with van der Waals surface area (Å²) in [5, 5.41) is 0. The summed E-state index contributed by atoms with van der Waals surface area (Å²) in [6.45, 7) is 2.30. The molecule has 2 heterocycles. The molecule has 2 aliphatic heterocycles. The van der Waals surface area contributed by atoms with Gasteiger partial charge >= 0.3 is 0 Å². The predicted molar refractivity (Wildman–Crippen MR) is 93.7 cm³/mol. The highest BCUT2D eigenvalue weighted by molar-refractivity contribution is 5.15. The largest absolute Gasteiger partial charge is 0.297 e. The minimum absolute atomic E-state index is 0.770. The molecule has 0 spiro atoms. The molecule has 0 aliphatic carbocycles. The summed E-state index contributed by atoms with van der Waals surface area (Å²) in [5.74, 6) is 0. The molecule has 1 fully saturated rings. The van der Waals surface area contributed by atoms with Gasteiger partial charge in [0.25, 0.3) is 0 Å². The monoisotopic (exact) mass is 291 g/mol. The lowest BCUT2D eigenvalue weighted by Crippen LogP contribution is -2.45. The van der Waals surface area contributed by atoms with Crippen LogP contribution >= 0.6 is 0 Å². The maximum Gasteiger partial charge on any atom is 0.0280 e. The standard InChI is InChI=1S/C20H37N/c1-3-4-5-6-7-8-9-10-11-13-18-16-19-14-12-15-20(17-18)21(19)2/h16,19-20H,3-15,17H2,1-2H3. The van der Waals surface area contributed by atoms with Gasteiger partial charge in [-0.25, -0.2) is 0 Å². The van der Waals surface area contributed by atoms with Gasteiger partial charge in [0, 0.05) is 12.1 Å². The summed E-state index contributed by atoms with van der Waals surface area (Å²) in [6.07, 6.45) is 22.7. The molecule has 0 aromatic rings. The van der Waals surface area contributed by atoms with Crippen molar-refractivity contribution >= 4 is 0 Å². The number of unbranched alkanes of at least 4 members (excludes halogenated alkanes) is 8. The Bertz CT molecular complexity index is 307. The van der Waals surface area contributed by atoms with Crippen LogP contribution in [0.1, 0.15) is 96.8 Å². The topological polar surface area (TPSA) is 3.24 Å². The molecule has 2 unspecified atom stereocenters. The van der Waals surface area contributed by atoms with Gasteiger partial charge in [-0.15, -0.1) is 0 Å². The van der Waals surface area contributed by atoms with Crippen LogP contribution in [0.2, 0.25) is 0 Å². The van der Waals surface area contributed by atoms with E-state index in [2.05, 4.69) is 24.9 Å². The number of hydrogen-bond donors (Lipinski definition) is 0.